The van der Waals surface area contributed by atoms with Crippen LogP contribution in [0.5, 0.6) is 0 Å². The Morgan fingerprint density at radius 3 is 2.42 bits per heavy atom. The highest BCUT2D eigenvalue weighted by Gasteiger charge is 2.21. The Bertz CT molecular complexity index is 1190. The molecule has 0 aliphatic heterocycles. The topological polar surface area (TPSA) is 126 Å². The Morgan fingerprint density at radius 2 is 1.75 bits per heavy atom. The third kappa shape index (κ3) is 9.85. The van der Waals surface area contributed by atoms with Gasteiger partial charge in [0.1, 0.15) is 5.88 Å². The molecule has 0 fully saturated rings. The summed E-state index contributed by atoms with van der Waals surface area (Å²) in [6.45, 7) is 5.45. The molecular formula is C24H30Cl2N4O5S. The number of carbonyl (C=O) groups excluding carboxylic acids is 2. The lowest BCUT2D eigenvalue weighted by Crippen LogP contribution is -2.32. The molecule has 0 aromatic heterocycles. The molecule has 2 aromatic carbocycles. The van der Waals surface area contributed by atoms with E-state index in [9.17, 15) is 18.0 Å². The third-order valence-electron chi connectivity index (χ3n) is 5.28. The quantitative estimate of drug-likeness (QED) is 0.266. The van der Waals surface area contributed by atoms with Crippen LogP contribution < -0.4 is 10.6 Å². The van der Waals surface area contributed by atoms with Crippen molar-refractivity contribution in [2.75, 3.05) is 5.88 Å². The maximum atomic E-state index is 12.7. The van der Waals surface area contributed by atoms with Crippen LogP contribution in [0.2, 0.25) is 10.0 Å². The van der Waals surface area contributed by atoms with Gasteiger partial charge >= 0.3 is 5.97 Å². The second-order valence-corrected chi connectivity index (χ2v) is 11.0. The SMILES string of the molecule is CC(=O)ON=NCc1ccc(CNC(=O)CCCC(C)NCS(=O)(=O)c2ccc(Cl)c(C)c2Cl)cc1. The molecule has 9 nitrogen and oxygen atoms in total. The molecule has 36 heavy (non-hydrogen) atoms. The van der Waals surface area contributed by atoms with E-state index in [2.05, 4.69) is 25.9 Å². The fourth-order valence-corrected chi connectivity index (χ4v) is 5.21. The van der Waals surface area contributed by atoms with Gasteiger partial charge in [-0.3, -0.25) is 4.79 Å². The van der Waals surface area contributed by atoms with Crippen molar-refractivity contribution in [1.82, 2.24) is 10.6 Å². The van der Waals surface area contributed by atoms with Crippen molar-refractivity contribution in [3.8, 4) is 0 Å². The fourth-order valence-electron chi connectivity index (χ4n) is 3.13. The number of nitrogens with one attached hydrogen (secondary N) is 2. The van der Waals surface area contributed by atoms with E-state index >= 15 is 0 Å². The van der Waals surface area contributed by atoms with E-state index in [1.54, 1.807) is 6.92 Å². The lowest BCUT2D eigenvalue weighted by atomic mass is 10.1. The van der Waals surface area contributed by atoms with Gasteiger partial charge in [-0.25, -0.2) is 13.2 Å². The van der Waals surface area contributed by atoms with E-state index in [0.717, 1.165) is 11.1 Å². The van der Waals surface area contributed by atoms with Gasteiger partial charge in [0.25, 0.3) is 0 Å². The van der Waals surface area contributed by atoms with E-state index in [-0.39, 0.29) is 34.3 Å². The zero-order valence-electron chi connectivity index (χ0n) is 20.4. The molecule has 1 amide bonds. The average molecular weight is 558 g/mol. The number of amides is 1. The minimum absolute atomic E-state index is 0.0459. The Balaban J connectivity index is 1.69. The summed E-state index contributed by atoms with van der Waals surface area (Å²) < 4.78 is 25.3. The van der Waals surface area contributed by atoms with Crippen LogP contribution in [0.4, 0.5) is 0 Å². The van der Waals surface area contributed by atoms with Crippen molar-refractivity contribution in [2.45, 2.75) is 64.1 Å². The molecule has 2 rings (SSSR count). The average Bonchev–Trinajstić information content (AvgIpc) is 2.83. The van der Waals surface area contributed by atoms with Crippen molar-refractivity contribution < 1.29 is 22.8 Å². The van der Waals surface area contributed by atoms with E-state index in [1.165, 1.54) is 19.1 Å². The number of nitrogens with zero attached hydrogens (tertiary/aromatic N) is 2. The van der Waals surface area contributed by atoms with E-state index in [0.29, 0.717) is 36.4 Å². The van der Waals surface area contributed by atoms with Crippen LogP contribution in [-0.2, 0) is 37.4 Å². The number of hydrogen-bond donors (Lipinski definition) is 2. The molecule has 2 aromatic rings. The number of benzene rings is 2. The van der Waals surface area contributed by atoms with Crippen LogP contribution in [0, 0.1) is 6.92 Å². The smallest absolute Gasteiger partial charge is 0.333 e. The molecule has 0 spiro atoms. The minimum Gasteiger partial charge on any atom is -0.352 e. The predicted octanol–water partition coefficient (Wildman–Crippen LogP) is 4.93. The lowest BCUT2D eigenvalue weighted by molar-refractivity contribution is -0.142. The zero-order valence-corrected chi connectivity index (χ0v) is 22.7. The standard InChI is InChI=1S/C24H30Cl2N4O5S/c1-16(28-15-36(33,34)22-12-11-21(25)17(2)24(22)26)5-4-6-23(32)27-13-19-7-9-20(10-8-19)14-29-30-35-18(3)31/h7-12,16,28H,4-6,13-15H2,1-3H3,(H,27,32). The normalized spacial score (nSPS) is 12.5. The van der Waals surface area contributed by atoms with E-state index < -0.39 is 15.8 Å². The molecule has 0 radical (unpaired) electrons. The molecular weight excluding hydrogens is 527 g/mol. The molecule has 0 heterocycles. The largest absolute Gasteiger partial charge is 0.352 e. The molecule has 1 atom stereocenters. The number of sulfone groups is 1. The van der Waals surface area contributed by atoms with Gasteiger partial charge in [-0.2, -0.15) is 0 Å². The van der Waals surface area contributed by atoms with Crippen LogP contribution in [0.3, 0.4) is 0 Å². The molecule has 0 saturated heterocycles. The Kier molecular flexibility index (Phi) is 11.8. The van der Waals surface area contributed by atoms with Crippen LogP contribution in [0.15, 0.2) is 51.7 Å². The lowest BCUT2D eigenvalue weighted by Gasteiger charge is -2.15. The highest BCUT2D eigenvalue weighted by molar-refractivity contribution is 7.91. The van der Waals surface area contributed by atoms with Gasteiger partial charge < -0.3 is 15.5 Å². The molecule has 0 bridgehead atoms. The molecule has 0 aliphatic carbocycles. The predicted molar refractivity (Wildman–Crippen MR) is 138 cm³/mol. The molecule has 196 valence electrons. The maximum absolute atomic E-state index is 12.7. The number of hydrogen-bond acceptors (Lipinski definition) is 8. The summed E-state index contributed by atoms with van der Waals surface area (Å²) in [4.78, 5) is 27.2. The summed E-state index contributed by atoms with van der Waals surface area (Å²) in [6.07, 6.45) is 1.57. The second-order valence-electron chi connectivity index (χ2n) is 8.30. The summed E-state index contributed by atoms with van der Waals surface area (Å²) in [7, 11) is -3.63. The monoisotopic (exact) mass is 556 g/mol. The highest BCUT2D eigenvalue weighted by Crippen LogP contribution is 2.30. The molecule has 12 heteroatoms. The first-order chi connectivity index (χ1) is 17.0. The van der Waals surface area contributed by atoms with Crippen molar-refractivity contribution in [3.05, 3.63) is 63.1 Å². The first-order valence-electron chi connectivity index (χ1n) is 11.3. The number of halogens is 2. The fraction of sp³-hybridized carbons (Fsp3) is 0.417. The maximum Gasteiger partial charge on any atom is 0.333 e. The zero-order chi connectivity index (χ0) is 26.7. The minimum atomic E-state index is -3.63. The van der Waals surface area contributed by atoms with Gasteiger partial charge in [-0.1, -0.05) is 47.5 Å². The summed E-state index contributed by atoms with van der Waals surface area (Å²) >= 11 is 12.2. The van der Waals surface area contributed by atoms with Crippen molar-refractivity contribution in [3.63, 3.8) is 0 Å². The summed E-state index contributed by atoms with van der Waals surface area (Å²) in [5, 5.41) is 13.5. The van der Waals surface area contributed by atoms with Gasteiger partial charge in [0.15, 0.2) is 9.84 Å². The second kappa shape index (κ2) is 14.3. The van der Waals surface area contributed by atoms with Crippen molar-refractivity contribution in [2.24, 2.45) is 10.4 Å². The van der Waals surface area contributed by atoms with E-state index in [1.807, 2.05) is 31.2 Å². The number of rotatable bonds is 13. The molecule has 0 aliphatic rings. The van der Waals surface area contributed by atoms with Crippen LogP contribution >= 0.6 is 23.2 Å². The van der Waals surface area contributed by atoms with Crippen molar-refractivity contribution in [1.29, 1.82) is 0 Å². The third-order valence-corrected chi connectivity index (χ3v) is 7.84. The van der Waals surface area contributed by atoms with Gasteiger partial charge in [-0.15, -0.1) is 5.11 Å². The van der Waals surface area contributed by atoms with Gasteiger partial charge in [-0.05, 0) is 55.5 Å². The van der Waals surface area contributed by atoms with Crippen LogP contribution in [0.25, 0.3) is 0 Å². The first-order valence-corrected chi connectivity index (χ1v) is 13.7. The summed E-state index contributed by atoms with van der Waals surface area (Å²) in [6, 6.07) is 10.3. The van der Waals surface area contributed by atoms with Crippen LogP contribution in [-0.4, -0.2) is 32.2 Å². The van der Waals surface area contributed by atoms with Crippen LogP contribution in [0.1, 0.15) is 49.8 Å². The van der Waals surface area contributed by atoms with Gasteiger partial charge in [0.2, 0.25) is 5.91 Å². The number of carbonyl (C=O) groups is 2. The van der Waals surface area contributed by atoms with Gasteiger partial charge in [0.05, 0.1) is 16.5 Å². The Labute approximate surface area is 221 Å². The molecule has 2 N–H and O–H groups in total. The summed E-state index contributed by atoms with van der Waals surface area (Å²) in [5.74, 6) is -0.877. The Hall–Kier alpha value is -2.53. The Morgan fingerprint density at radius 1 is 1.08 bits per heavy atom. The summed E-state index contributed by atoms with van der Waals surface area (Å²) in [5.41, 5.74) is 2.34. The molecule has 1 unspecified atom stereocenters. The van der Waals surface area contributed by atoms with Gasteiger partial charge in [0, 0.05) is 36.2 Å². The van der Waals surface area contributed by atoms with Crippen molar-refractivity contribution >= 4 is 44.9 Å². The first kappa shape index (κ1) is 29.7. The van der Waals surface area contributed by atoms with E-state index in [4.69, 9.17) is 23.2 Å². The molecule has 0 saturated carbocycles. The highest BCUT2D eigenvalue weighted by atomic mass is 35.5.